The summed E-state index contributed by atoms with van der Waals surface area (Å²) in [5, 5.41) is 3.31. The van der Waals surface area contributed by atoms with E-state index in [1.165, 1.54) is 12.1 Å². The molecule has 0 aromatic heterocycles. The molecule has 2 aromatic rings. The fraction of sp³-hybridized carbons (Fsp3) is 0.381. The Labute approximate surface area is 168 Å². The normalized spacial score (nSPS) is 21.4. The third kappa shape index (κ3) is 5.39. The number of ether oxygens (including phenoxy) is 1. The van der Waals surface area contributed by atoms with Crippen LogP contribution in [-0.4, -0.2) is 53.6 Å². The Morgan fingerprint density at radius 1 is 1.21 bits per heavy atom. The van der Waals surface area contributed by atoms with Crippen LogP contribution in [0.5, 0.6) is 0 Å². The average molecular weight is 404 g/mol. The number of rotatable bonds is 5. The molecule has 1 saturated heterocycles. The van der Waals surface area contributed by atoms with Crippen LogP contribution in [0, 0.1) is 5.82 Å². The van der Waals surface area contributed by atoms with Crippen LogP contribution in [0.15, 0.2) is 64.5 Å². The highest BCUT2D eigenvalue weighted by molar-refractivity contribution is 7.85. The standard InChI is InChI=1S/C21H26FN3O2S/c1-16-14-25(15-20(27-16)17-8-10-18(22)11-9-17)21(23-2)24-12-13-28(26)19-6-4-3-5-7-19/h3-11,16,20H,12-15H2,1-2H3,(H,23,24). The summed E-state index contributed by atoms with van der Waals surface area (Å²) < 4.78 is 31.6. The van der Waals surface area contributed by atoms with Crippen molar-refractivity contribution < 1.29 is 13.3 Å². The number of hydrogen-bond acceptors (Lipinski definition) is 3. The molecule has 5 nitrogen and oxygen atoms in total. The van der Waals surface area contributed by atoms with Crippen molar-refractivity contribution in [2.45, 2.75) is 24.0 Å². The van der Waals surface area contributed by atoms with Crippen molar-refractivity contribution in [3.8, 4) is 0 Å². The largest absolute Gasteiger partial charge is 0.367 e. The molecule has 0 aliphatic carbocycles. The van der Waals surface area contributed by atoms with Crippen LogP contribution in [0.2, 0.25) is 0 Å². The number of benzene rings is 2. The first-order valence-corrected chi connectivity index (χ1v) is 10.7. The summed E-state index contributed by atoms with van der Waals surface area (Å²) in [6.07, 6.45) is -0.137. The van der Waals surface area contributed by atoms with E-state index in [1.807, 2.05) is 37.3 Å². The second kappa shape index (κ2) is 9.80. The summed E-state index contributed by atoms with van der Waals surface area (Å²) in [7, 11) is 0.691. The molecule has 1 heterocycles. The van der Waals surface area contributed by atoms with Crippen LogP contribution in [0.3, 0.4) is 0 Å². The molecular formula is C21H26FN3O2S. The van der Waals surface area contributed by atoms with Gasteiger partial charge in [-0.2, -0.15) is 0 Å². The van der Waals surface area contributed by atoms with Crippen molar-refractivity contribution in [1.82, 2.24) is 10.2 Å². The van der Waals surface area contributed by atoms with Crippen LogP contribution in [0.25, 0.3) is 0 Å². The van der Waals surface area contributed by atoms with Crippen molar-refractivity contribution >= 4 is 16.8 Å². The SMILES string of the molecule is CN=C(NCCS(=O)c1ccccc1)N1CC(C)OC(c2ccc(F)cc2)C1. The average Bonchev–Trinajstić information content (AvgIpc) is 2.71. The van der Waals surface area contributed by atoms with Crippen LogP contribution in [0.1, 0.15) is 18.6 Å². The van der Waals surface area contributed by atoms with Gasteiger partial charge >= 0.3 is 0 Å². The van der Waals surface area contributed by atoms with E-state index in [-0.39, 0.29) is 18.0 Å². The van der Waals surface area contributed by atoms with Gasteiger partial charge in [0.15, 0.2) is 5.96 Å². The monoisotopic (exact) mass is 403 g/mol. The quantitative estimate of drug-likeness (QED) is 0.616. The number of halogens is 1. The van der Waals surface area contributed by atoms with Gasteiger partial charge in [0.25, 0.3) is 0 Å². The van der Waals surface area contributed by atoms with Crippen molar-refractivity contribution in [1.29, 1.82) is 0 Å². The summed E-state index contributed by atoms with van der Waals surface area (Å²) in [5.74, 6) is 1.00. The summed E-state index contributed by atoms with van der Waals surface area (Å²) in [6, 6.07) is 15.9. The van der Waals surface area contributed by atoms with E-state index < -0.39 is 10.8 Å². The van der Waals surface area contributed by atoms with Gasteiger partial charge in [-0.05, 0) is 36.8 Å². The molecule has 3 atom stereocenters. The Bertz CT molecular complexity index is 814. The molecule has 7 heteroatoms. The molecule has 3 unspecified atom stereocenters. The minimum Gasteiger partial charge on any atom is -0.367 e. The highest BCUT2D eigenvalue weighted by atomic mass is 32.2. The Morgan fingerprint density at radius 3 is 2.61 bits per heavy atom. The lowest BCUT2D eigenvalue weighted by atomic mass is 10.1. The molecule has 0 amide bonds. The number of nitrogens with zero attached hydrogens (tertiary/aromatic N) is 2. The fourth-order valence-corrected chi connectivity index (χ4v) is 4.25. The van der Waals surface area contributed by atoms with Crippen LogP contribution in [-0.2, 0) is 15.5 Å². The lowest BCUT2D eigenvalue weighted by Gasteiger charge is -2.38. The zero-order valence-corrected chi connectivity index (χ0v) is 17.0. The molecule has 1 aliphatic heterocycles. The summed E-state index contributed by atoms with van der Waals surface area (Å²) in [6.45, 7) is 3.90. The number of morpholine rings is 1. The number of aliphatic imine (C=N–C) groups is 1. The van der Waals surface area contributed by atoms with Gasteiger partial charge in [0.05, 0.1) is 23.4 Å². The van der Waals surface area contributed by atoms with Gasteiger partial charge in [-0.3, -0.25) is 9.20 Å². The zero-order chi connectivity index (χ0) is 19.9. The minimum atomic E-state index is -1.05. The third-order valence-electron chi connectivity index (χ3n) is 4.59. The number of hydrogen-bond donors (Lipinski definition) is 1. The Hall–Kier alpha value is -2.25. The van der Waals surface area contributed by atoms with Crippen LogP contribution < -0.4 is 5.32 Å². The Balaban J connectivity index is 1.58. The fourth-order valence-electron chi connectivity index (χ4n) is 3.26. The number of nitrogens with one attached hydrogen (secondary N) is 1. The minimum absolute atomic E-state index is 0.0146. The van der Waals surface area contributed by atoms with Crippen molar-refractivity contribution in [2.75, 3.05) is 32.4 Å². The molecule has 1 N–H and O–H groups in total. The van der Waals surface area contributed by atoms with Gasteiger partial charge in [0.2, 0.25) is 0 Å². The van der Waals surface area contributed by atoms with E-state index in [4.69, 9.17) is 4.74 Å². The molecule has 0 radical (unpaired) electrons. The summed E-state index contributed by atoms with van der Waals surface area (Å²) in [4.78, 5) is 7.34. The molecule has 1 aliphatic rings. The van der Waals surface area contributed by atoms with Crippen LogP contribution in [0.4, 0.5) is 4.39 Å². The molecule has 0 bridgehead atoms. The molecule has 150 valence electrons. The Kier molecular flexibility index (Phi) is 7.17. The first-order valence-electron chi connectivity index (χ1n) is 9.36. The van der Waals surface area contributed by atoms with Gasteiger partial charge in [-0.15, -0.1) is 0 Å². The van der Waals surface area contributed by atoms with E-state index in [0.29, 0.717) is 25.4 Å². The van der Waals surface area contributed by atoms with Gasteiger partial charge in [0.1, 0.15) is 11.9 Å². The van der Waals surface area contributed by atoms with Crippen LogP contribution >= 0.6 is 0 Å². The van der Waals surface area contributed by atoms with Gasteiger partial charge < -0.3 is 15.0 Å². The second-order valence-electron chi connectivity index (χ2n) is 6.73. The second-order valence-corrected chi connectivity index (χ2v) is 8.30. The van der Waals surface area contributed by atoms with Crippen molar-refractivity contribution in [3.05, 3.63) is 66.0 Å². The summed E-state index contributed by atoms with van der Waals surface area (Å²) >= 11 is 0. The van der Waals surface area contributed by atoms with E-state index in [1.54, 1.807) is 19.2 Å². The first-order chi connectivity index (χ1) is 13.6. The van der Waals surface area contributed by atoms with Gasteiger partial charge in [0, 0.05) is 30.8 Å². The highest BCUT2D eigenvalue weighted by Crippen LogP contribution is 2.25. The molecule has 0 spiro atoms. The van der Waals surface area contributed by atoms with E-state index in [9.17, 15) is 8.60 Å². The maximum atomic E-state index is 13.2. The Morgan fingerprint density at radius 2 is 1.93 bits per heavy atom. The molecule has 3 rings (SSSR count). The van der Waals surface area contributed by atoms with Gasteiger partial charge in [-0.1, -0.05) is 30.3 Å². The molecule has 1 fully saturated rings. The smallest absolute Gasteiger partial charge is 0.193 e. The lowest BCUT2D eigenvalue weighted by Crippen LogP contribution is -2.51. The van der Waals surface area contributed by atoms with Gasteiger partial charge in [-0.25, -0.2) is 4.39 Å². The number of guanidine groups is 1. The molecule has 0 saturated carbocycles. The topological polar surface area (TPSA) is 53.9 Å². The third-order valence-corrected chi connectivity index (χ3v) is 5.96. The molecule has 2 aromatic carbocycles. The van der Waals surface area contributed by atoms with E-state index >= 15 is 0 Å². The zero-order valence-electron chi connectivity index (χ0n) is 16.2. The first kappa shape index (κ1) is 20.5. The lowest BCUT2D eigenvalue weighted by molar-refractivity contribution is -0.0604. The molecular weight excluding hydrogens is 377 g/mol. The van der Waals surface area contributed by atoms with Crippen molar-refractivity contribution in [2.24, 2.45) is 4.99 Å². The van der Waals surface area contributed by atoms with E-state index in [0.717, 1.165) is 16.4 Å². The summed E-state index contributed by atoms with van der Waals surface area (Å²) in [5.41, 5.74) is 0.943. The maximum absolute atomic E-state index is 13.2. The molecule has 28 heavy (non-hydrogen) atoms. The van der Waals surface area contributed by atoms with Crippen molar-refractivity contribution in [3.63, 3.8) is 0 Å². The van der Waals surface area contributed by atoms with E-state index in [2.05, 4.69) is 15.2 Å². The predicted octanol–water partition coefficient (Wildman–Crippen LogP) is 2.97. The maximum Gasteiger partial charge on any atom is 0.193 e. The predicted molar refractivity (Wildman–Crippen MR) is 110 cm³/mol. The highest BCUT2D eigenvalue weighted by Gasteiger charge is 2.28.